The monoisotopic (exact) mass is 206 g/mol. The maximum atomic E-state index is 13.2. The van der Waals surface area contributed by atoms with Crippen molar-refractivity contribution in [1.82, 2.24) is 0 Å². The molecule has 0 aromatic heterocycles. The van der Waals surface area contributed by atoms with E-state index in [1.54, 1.807) is 11.8 Å². The van der Waals surface area contributed by atoms with E-state index in [9.17, 15) is 9.18 Å². The van der Waals surface area contributed by atoms with Crippen molar-refractivity contribution in [2.45, 2.75) is 25.4 Å². The fourth-order valence-corrected chi connectivity index (χ4v) is 2.61. The third-order valence-corrected chi connectivity index (χ3v) is 3.45. The van der Waals surface area contributed by atoms with Gasteiger partial charge in [0.25, 0.3) is 0 Å². The van der Waals surface area contributed by atoms with Gasteiger partial charge in [-0.15, -0.1) is 0 Å². The third kappa shape index (κ3) is 3.55. The van der Waals surface area contributed by atoms with Gasteiger partial charge in [-0.25, -0.2) is 4.39 Å². The molecule has 0 aliphatic carbocycles. The van der Waals surface area contributed by atoms with Crippen LogP contribution in [0.3, 0.4) is 0 Å². The molecule has 1 heterocycles. The van der Waals surface area contributed by atoms with Crippen LogP contribution in [0.15, 0.2) is 0 Å². The molecule has 1 aliphatic rings. The van der Waals surface area contributed by atoms with Crippen LogP contribution in [-0.4, -0.2) is 30.8 Å². The van der Waals surface area contributed by atoms with Gasteiger partial charge in [-0.1, -0.05) is 0 Å². The van der Waals surface area contributed by atoms with Crippen LogP contribution < -0.4 is 0 Å². The molecule has 0 amide bonds. The molecule has 0 spiro atoms. The topological polar surface area (TPSA) is 26.3 Å². The van der Waals surface area contributed by atoms with E-state index >= 15 is 0 Å². The normalized spacial score (nSPS) is 28.5. The molecule has 1 fully saturated rings. The largest absolute Gasteiger partial charge is 0.469 e. The third-order valence-electron chi connectivity index (χ3n) is 2.37. The Labute approximate surface area is 82.2 Å². The van der Waals surface area contributed by atoms with Crippen molar-refractivity contribution in [3.8, 4) is 0 Å². The maximum Gasteiger partial charge on any atom is 0.305 e. The molecule has 0 bridgehead atoms. The first kappa shape index (κ1) is 10.8. The number of thioether (sulfide) groups is 1. The van der Waals surface area contributed by atoms with Crippen molar-refractivity contribution in [1.29, 1.82) is 0 Å². The molecule has 2 atom stereocenters. The van der Waals surface area contributed by atoms with Crippen molar-refractivity contribution in [3.05, 3.63) is 0 Å². The number of ether oxygens (including phenoxy) is 1. The van der Waals surface area contributed by atoms with E-state index in [1.165, 1.54) is 7.11 Å². The highest BCUT2D eigenvalue weighted by Gasteiger charge is 2.25. The minimum atomic E-state index is -0.733. The molecule has 0 radical (unpaired) electrons. The zero-order chi connectivity index (χ0) is 9.68. The smallest absolute Gasteiger partial charge is 0.305 e. The van der Waals surface area contributed by atoms with E-state index in [0.717, 1.165) is 12.2 Å². The molecule has 4 heteroatoms. The molecule has 0 aromatic carbocycles. The van der Waals surface area contributed by atoms with Gasteiger partial charge in [0, 0.05) is 12.2 Å². The van der Waals surface area contributed by atoms with E-state index in [-0.39, 0.29) is 11.9 Å². The zero-order valence-corrected chi connectivity index (χ0v) is 8.61. The van der Waals surface area contributed by atoms with Crippen molar-refractivity contribution in [3.63, 3.8) is 0 Å². The van der Waals surface area contributed by atoms with E-state index in [1.807, 2.05) is 0 Å². The van der Waals surface area contributed by atoms with Crippen LogP contribution >= 0.6 is 11.8 Å². The molecule has 0 aromatic rings. The Hall–Kier alpha value is -0.250. The first-order valence-electron chi connectivity index (χ1n) is 4.52. The number of rotatable bonds is 3. The Kier molecular flexibility index (Phi) is 4.56. The predicted octanol–water partition coefficient (Wildman–Crippen LogP) is 2.03. The molecule has 0 saturated carbocycles. The molecular weight excluding hydrogens is 191 g/mol. The van der Waals surface area contributed by atoms with Crippen molar-refractivity contribution >= 4 is 17.7 Å². The number of methoxy groups -OCH3 is 1. The Morgan fingerprint density at radius 2 is 2.46 bits per heavy atom. The lowest BCUT2D eigenvalue weighted by atomic mass is 9.95. The number of carbonyl (C=O) groups is 1. The lowest BCUT2D eigenvalue weighted by Crippen LogP contribution is -2.24. The number of alkyl halides is 1. The minimum absolute atomic E-state index is 0.0698. The summed E-state index contributed by atoms with van der Waals surface area (Å²) in [6.07, 6.45) is 1.15. The average molecular weight is 206 g/mol. The molecule has 1 aliphatic heterocycles. The first-order valence-corrected chi connectivity index (χ1v) is 5.68. The van der Waals surface area contributed by atoms with Crippen LogP contribution in [-0.2, 0) is 9.53 Å². The van der Waals surface area contributed by atoms with Gasteiger partial charge in [0.05, 0.1) is 7.11 Å². The second kappa shape index (κ2) is 5.47. The fraction of sp³-hybridized carbons (Fsp3) is 0.889. The molecule has 2 unspecified atom stereocenters. The Bertz CT molecular complexity index is 175. The van der Waals surface area contributed by atoms with Gasteiger partial charge in [-0.2, -0.15) is 11.8 Å². The lowest BCUT2D eigenvalue weighted by molar-refractivity contribution is -0.141. The Morgan fingerprint density at radius 3 is 3.08 bits per heavy atom. The molecule has 2 nitrogen and oxygen atoms in total. The van der Waals surface area contributed by atoms with Crippen LogP contribution in [0.5, 0.6) is 0 Å². The summed E-state index contributed by atoms with van der Waals surface area (Å²) in [4.78, 5) is 10.8. The number of hydrogen-bond acceptors (Lipinski definition) is 3. The summed E-state index contributed by atoms with van der Waals surface area (Å²) in [7, 11) is 1.37. The summed E-state index contributed by atoms with van der Waals surface area (Å²) >= 11 is 1.66. The van der Waals surface area contributed by atoms with Crippen molar-refractivity contribution in [2.24, 2.45) is 5.92 Å². The molecule has 0 N–H and O–H groups in total. The molecule has 76 valence electrons. The first-order chi connectivity index (χ1) is 6.24. The highest BCUT2D eigenvalue weighted by Crippen LogP contribution is 2.29. The summed E-state index contributed by atoms with van der Waals surface area (Å²) in [5.41, 5.74) is 0. The lowest BCUT2D eigenvalue weighted by Gasteiger charge is -2.24. The van der Waals surface area contributed by atoms with E-state index < -0.39 is 6.17 Å². The average Bonchev–Trinajstić information content (AvgIpc) is 2.16. The van der Waals surface area contributed by atoms with Crippen LogP contribution in [0.1, 0.15) is 19.3 Å². The SMILES string of the molecule is COC(=O)CCC1CCSCC1F. The van der Waals surface area contributed by atoms with Crippen LogP contribution in [0, 0.1) is 5.92 Å². The second-order valence-corrected chi connectivity index (χ2v) is 4.40. The second-order valence-electron chi connectivity index (χ2n) is 3.25. The summed E-state index contributed by atoms with van der Waals surface area (Å²) in [6, 6.07) is 0. The Morgan fingerprint density at radius 1 is 1.69 bits per heavy atom. The summed E-state index contributed by atoms with van der Waals surface area (Å²) < 4.78 is 17.7. The quantitative estimate of drug-likeness (QED) is 0.661. The van der Waals surface area contributed by atoms with Crippen molar-refractivity contribution < 1.29 is 13.9 Å². The minimum Gasteiger partial charge on any atom is -0.469 e. The van der Waals surface area contributed by atoms with Gasteiger partial charge >= 0.3 is 5.97 Å². The molecule has 1 saturated heterocycles. The van der Waals surface area contributed by atoms with Crippen molar-refractivity contribution in [2.75, 3.05) is 18.6 Å². The standard InChI is InChI=1S/C9H15FO2S/c1-12-9(11)3-2-7-4-5-13-6-8(7)10/h7-8H,2-6H2,1H3. The molecule has 13 heavy (non-hydrogen) atoms. The van der Waals surface area contributed by atoms with Crippen LogP contribution in [0.4, 0.5) is 4.39 Å². The highest BCUT2D eigenvalue weighted by atomic mass is 32.2. The summed E-state index contributed by atoms with van der Waals surface area (Å²) in [5.74, 6) is 1.45. The maximum absolute atomic E-state index is 13.2. The highest BCUT2D eigenvalue weighted by molar-refractivity contribution is 7.99. The van der Waals surface area contributed by atoms with Gasteiger partial charge in [0.15, 0.2) is 0 Å². The van der Waals surface area contributed by atoms with E-state index in [0.29, 0.717) is 18.6 Å². The van der Waals surface area contributed by atoms with Gasteiger partial charge in [-0.05, 0) is 24.5 Å². The van der Waals surface area contributed by atoms with Gasteiger partial charge in [0.2, 0.25) is 0 Å². The Balaban J connectivity index is 2.22. The summed E-state index contributed by atoms with van der Waals surface area (Å²) in [6.45, 7) is 0. The molecule has 1 rings (SSSR count). The van der Waals surface area contributed by atoms with E-state index in [2.05, 4.69) is 4.74 Å². The number of hydrogen-bond donors (Lipinski definition) is 0. The molecular formula is C9H15FO2S. The number of carbonyl (C=O) groups excluding carboxylic acids is 1. The number of halogens is 1. The van der Waals surface area contributed by atoms with E-state index in [4.69, 9.17) is 0 Å². The zero-order valence-electron chi connectivity index (χ0n) is 7.79. The number of esters is 1. The predicted molar refractivity (Wildman–Crippen MR) is 51.6 cm³/mol. The van der Waals surface area contributed by atoms with Gasteiger partial charge in [-0.3, -0.25) is 4.79 Å². The summed E-state index contributed by atoms with van der Waals surface area (Å²) in [5, 5.41) is 0. The fourth-order valence-electron chi connectivity index (χ4n) is 1.48. The van der Waals surface area contributed by atoms with Crippen LogP contribution in [0.25, 0.3) is 0 Å². The van der Waals surface area contributed by atoms with Crippen LogP contribution in [0.2, 0.25) is 0 Å². The van der Waals surface area contributed by atoms with Gasteiger partial charge < -0.3 is 4.74 Å². The van der Waals surface area contributed by atoms with Gasteiger partial charge in [0.1, 0.15) is 6.17 Å².